The van der Waals surface area contributed by atoms with Crippen molar-refractivity contribution < 1.29 is 14.3 Å². The lowest BCUT2D eigenvalue weighted by molar-refractivity contribution is 0.0708. The summed E-state index contributed by atoms with van der Waals surface area (Å²) in [5.41, 5.74) is 11.6. The number of carbonyl (C=O) groups is 1. The Labute approximate surface area is 234 Å². The summed E-state index contributed by atoms with van der Waals surface area (Å²) in [6, 6.07) is 10.4. The number of hydrogen-bond acceptors (Lipinski definition) is 6. The van der Waals surface area contributed by atoms with Gasteiger partial charge in [0.15, 0.2) is 5.82 Å². The zero-order valence-electron chi connectivity index (χ0n) is 23.4. The van der Waals surface area contributed by atoms with Gasteiger partial charge in [0.05, 0.1) is 18.3 Å². The van der Waals surface area contributed by atoms with Crippen LogP contribution in [-0.2, 0) is 18.3 Å². The second kappa shape index (κ2) is 10.2. The first kappa shape index (κ1) is 25.5. The number of hydrogen-bond donors (Lipinski definition) is 1. The first-order chi connectivity index (χ1) is 19.5. The van der Waals surface area contributed by atoms with Gasteiger partial charge in [0.1, 0.15) is 16.9 Å². The van der Waals surface area contributed by atoms with Crippen molar-refractivity contribution in [1.29, 1.82) is 0 Å². The molecule has 0 spiro atoms. The van der Waals surface area contributed by atoms with Gasteiger partial charge < -0.3 is 29.2 Å². The molecule has 210 valence electrons. The number of aromatic nitrogens is 4. The number of nitrogens with zero attached hydrogens (tertiary/aromatic N) is 5. The number of nitrogens with two attached hydrogens (primary N) is 1. The molecule has 3 aromatic heterocycles. The lowest BCUT2D eigenvalue weighted by Crippen LogP contribution is -2.45. The largest absolute Gasteiger partial charge is 0.494 e. The van der Waals surface area contributed by atoms with Crippen LogP contribution in [0.3, 0.4) is 0 Å². The molecule has 9 nitrogen and oxygen atoms in total. The van der Waals surface area contributed by atoms with Crippen LogP contribution in [0.25, 0.3) is 33.6 Å². The molecule has 5 heterocycles. The van der Waals surface area contributed by atoms with Crippen LogP contribution in [0.1, 0.15) is 60.5 Å². The summed E-state index contributed by atoms with van der Waals surface area (Å²) in [5.74, 6) is 2.59. The van der Waals surface area contributed by atoms with Gasteiger partial charge in [-0.15, -0.1) is 0 Å². The maximum atomic E-state index is 13.4. The predicted molar refractivity (Wildman–Crippen MR) is 155 cm³/mol. The topological polar surface area (TPSA) is 100 Å². The number of benzene rings is 1. The van der Waals surface area contributed by atoms with E-state index in [-0.39, 0.29) is 11.9 Å². The highest BCUT2D eigenvalue weighted by molar-refractivity contribution is 6.00. The SMILES string of the molecule is COc1cc(C(=O)N2CCC[C@@H](N)C2)cc2nc(-c3cc4ccc(C5CCOCC5)nc4n3CC3CC3)n(C)c12. The Kier molecular flexibility index (Phi) is 6.51. The van der Waals surface area contributed by atoms with Crippen molar-refractivity contribution in [1.82, 2.24) is 24.0 Å². The second-order valence-electron chi connectivity index (χ2n) is 11.8. The van der Waals surface area contributed by atoms with Gasteiger partial charge in [0.25, 0.3) is 5.91 Å². The molecule has 1 aliphatic carbocycles. The fraction of sp³-hybridized carbons (Fsp3) is 0.516. The third-order valence-corrected chi connectivity index (χ3v) is 8.92. The highest BCUT2D eigenvalue weighted by Crippen LogP contribution is 2.38. The Morgan fingerprint density at radius 3 is 2.67 bits per heavy atom. The molecule has 1 saturated carbocycles. The van der Waals surface area contributed by atoms with Gasteiger partial charge in [-0.25, -0.2) is 9.97 Å². The highest BCUT2D eigenvalue weighted by Gasteiger charge is 2.28. The summed E-state index contributed by atoms with van der Waals surface area (Å²) in [4.78, 5) is 25.6. The summed E-state index contributed by atoms with van der Waals surface area (Å²) in [7, 11) is 3.68. The van der Waals surface area contributed by atoms with E-state index in [9.17, 15) is 4.79 Å². The summed E-state index contributed by atoms with van der Waals surface area (Å²) in [6.07, 6.45) is 6.42. The molecule has 7 rings (SSSR count). The lowest BCUT2D eigenvalue weighted by atomic mass is 9.96. The van der Waals surface area contributed by atoms with Gasteiger partial charge in [-0.05, 0) is 74.8 Å². The normalized spacial score (nSPS) is 20.5. The van der Waals surface area contributed by atoms with Crippen LogP contribution in [0.5, 0.6) is 5.75 Å². The number of fused-ring (bicyclic) bond motifs is 2. The van der Waals surface area contributed by atoms with E-state index in [1.165, 1.54) is 12.8 Å². The van der Waals surface area contributed by atoms with Crippen molar-refractivity contribution in [3.63, 3.8) is 0 Å². The summed E-state index contributed by atoms with van der Waals surface area (Å²) in [5, 5.41) is 1.13. The predicted octanol–water partition coefficient (Wildman–Crippen LogP) is 4.47. The third kappa shape index (κ3) is 4.55. The molecule has 2 N–H and O–H groups in total. The highest BCUT2D eigenvalue weighted by atomic mass is 16.5. The number of amides is 1. The molecule has 0 bridgehead atoms. The summed E-state index contributed by atoms with van der Waals surface area (Å²) >= 11 is 0. The molecule has 2 aliphatic heterocycles. The molecule has 3 aliphatic rings. The van der Waals surface area contributed by atoms with E-state index in [1.807, 2.05) is 24.1 Å². The molecule has 1 atom stereocenters. The Balaban J connectivity index is 1.32. The van der Waals surface area contributed by atoms with E-state index >= 15 is 0 Å². The van der Waals surface area contributed by atoms with E-state index in [1.54, 1.807) is 7.11 Å². The van der Waals surface area contributed by atoms with Crippen molar-refractivity contribution >= 4 is 28.0 Å². The molecule has 1 amide bonds. The first-order valence-electron chi connectivity index (χ1n) is 14.7. The van der Waals surface area contributed by atoms with Crippen molar-refractivity contribution in [3.8, 4) is 17.3 Å². The van der Waals surface area contributed by atoms with Crippen LogP contribution in [0.2, 0.25) is 0 Å². The smallest absolute Gasteiger partial charge is 0.254 e. The van der Waals surface area contributed by atoms with Crippen molar-refractivity contribution in [2.24, 2.45) is 18.7 Å². The van der Waals surface area contributed by atoms with Gasteiger partial charge >= 0.3 is 0 Å². The van der Waals surface area contributed by atoms with Crippen molar-refractivity contribution in [2.75, 3.05) is 33.4 Å². The zero-order valence-corrected chi connectivity index (χ0v) is 23.4. The van der Waals surface area contributed by atoms with Gasteiger partial charge in [-0.2, -0.15) is 0 Å². The Bertz CT molecular complexity index is 1580. The number of pyridine rings is 1. The number of rotatable bonds is 6. The summed E-state index contributed by atoms with van der Waals surface area (Å²) in [6.45, 7) is 3.84. The van der Waals surface area contributed by atoms with Gasteiger partial charge in [0.2, 0.25) is 0 Å². The quantitative estimate of drug-likeness (QED) is 0.386. The second-order valence-corrected chi connectivity index (χ2v) is 11.8. The van der Waals surface area contributed by atoms with Crippen LogP contribution < -0.4 is 10.5 Å². The Hall–Kier alpha value is -3.43. The van der Waals surface area contributed by atoms with E-state index in [0.717, 1.165) is 91.3 Å². The van der Waals surface area contributed by atoms with E-state index in [0.29, 0.717) is 29.7 Å². The molecule has 1 aromatic carbocycles. The fourth-order valence-electron chi connectivity index (χ4n) is 6.49. The molecule has 4 aromatic rings. The number of carbonyl (C=O) groups excluding carboxylic acids is 1. The van der Waals surface area contributed by atoms with Crippen LogP contribution in [0, 0.1) is 5.92 Å². The standard InChI is InChI=1S/C31H38N6O3/c1-35-28-25(14-22(16-27(28)39-2)31(38)36-11-3-4-23(32)18-36)34-30(35)26-15-21-7-8-24(20-9-12-40-13-10-20)33-29(21)37(26)17-19-5-6-19/h7-8,14-16,19-20,23H,3-6,9-13,17-18,32H2,1-2H3/t23-/m1/s1. The first-order valence-corrected chi connectivity index (χ1v) is 14.7. The molecule has 9 heteroatoms. The molecule has 2 saturated heterocycles. The van der Waals surface area contributed by atoms with E-state index in [4.69, 9.17) is 25.2 Å². The average Bonchev–Trinajstić information content (AvgIpc) is 3.65. The third-order valence-electron chi connectivity index (χ3n) is 8.92. The molecule has 0 radical (unpaired) electrons. The fourth-order valence-corrected chi connectivity index (χ4v) is 6.49. The molecular weight excluding hydrogens is 504 g/mol. The van der Waals surface area contributed by atoms with E-state index in [2.05, 4.69) is 27.3 Å². The summed E-state index contributed by atoms with van der Waals surface area (Å²) < 4.78 is 15.9. The molecule has 40 heavy (non-hydrogen) atoms. The minimum Gasteiger partial charge on any atom is -0.494 e. The maximum Gasteiger partial charge on any atom is 0.254 e. The monoisotopic (exact) mass is 542 g/mol. The minimum absolute atomic E-state index is 0.0183. The Morgan fingerprint density at radius 2 is 1.93 bits per heavy atom. The van der Waals surface area contributed by atoms with Crippen LogP contribution in [0.4, 0.5) is 0 Å². The number of aryl methyl sites for hydroxylation is 1. The van der Waals surface area contributed by atoms with Crippen LogP contribution >= 0.6 is 0 Å². The number of methoxy groups -OCH3 is 1. The number of piperidine rings is 1. The lowest BCUT2D eigenvalue weighted by Gasteiger charge is -2.30. The van der Waals surface area contributed by atoms with Gasteiger partial charge in [-0.3, -0.25) is 4.79 Å². The van der Waals surface area contributed by atoms with E-state index < -0.39 is 0 Å². The molecular formula is C31H38N6O3. The number of likely N-dealkylation sites (tertiary alicyclic amines) is 1. The van der Waals surface area contributed by atoms with Crippen LogP contribution in [-0.4, -0.2) is 69.4 Å². The average molecular weight is 543 g/mol. The molecule has 0 unspecified atom stereocenters. The van der Waals surface area contributed by atoms with Gasteiger partial charge in [-0.1, -0.05) is 0 Å². The zero-order chi connectivity index (χ0) is 27.4. The molecule has 3 fully saturated rings. The maximum absolute atomic E-state index is 13.4. The van der Waals surface area contributed by atoms with Crippen molar-refractivity contribution in [2.45, 2.75) is 57.0 Å². The van der Waals surface area contributed by atoms with Crippen LogP contribution in [0.15, 0.2) is 30.3 Å². The number of ether oxygens (including phenoxy) is 2. The minimum atomic E-state index is -0.0183. The number of imidazole rings is 1. The van der Waals surface area contributed by atoms with Crippen molar-refractivity contribution in [3.05, 3.63) is 41.6 Å². The Morgan fingerprint density at radius 1 is 1.10 bits per heavy atom. The van der Waals surface area contributed by atoms with Gasteiger partial charge in [0, 0.05) is 68.5 Å².